The molecule has 0 unspecified atom stereocenters. The van der Waals surface area contributed by atoms with Crippen LogP contribution in [0, 0.1) is 0 Å². The molecular formula is C19H25N3O2S. The van der Waals surface area contributed by atoms with E-state index in [9.17, 15) is 9.59 Å². The van der Waals surface area contributed by atoms with Crippen molar-refractivity contribution in [3.8, 4) is 0 Å². The van der Waals surface area contributed by atoms with Gasteiger partial charge in [0.05, 0.1) is 16.7 Å². The van der Waals surface area contributed by atoms with Gasteiger partial charge in [-0.05, 0) is 52.7 Å². The number of fused-ring (bicyclic) bond motifs is 1. The normalized spacial score (nSPS) is 14.5. The standard InChI is InChI=1S/C19H25N3O2S/c1-12(2)21(13(3)4)17(23)11-25-19-20-16-8-6-5-7-15(16)18(24)22(19)14-9-10-14/h5-8,12-14H,9-11H2,1-4H3. The molecule has 134 valence electrons. The second-order valence-electron chi connectivity index (χ2n) is 7.10. The number of para-hydroxylation sites is 1. The van der Waals surface area contributed by atoms with E-state index in [1.165, 1.54) is 11.8 Å². The first-order chi connectivity index (χ1) is 11.9. The highest BCUT2D eigenvalue weighted by Gasteiger charge is 2.29. The third kappa shape index (κ3) is 3.73. The van der Waals surface area contributed by atoms with Crippen LogP contribution in [0.15, 0.2) is 34.2 Å². The lowest BCUT2D eigenvalue weighted by Gasteiger charge is -2.30. The molecule has 25 heavy (non-hydrogen) atoms. The van der Waals surface area contributed by atoms with Gasteiger partial charge in [-0.3, -0.25) is 14.2 Å². The van der Waals surface area contributed by atoms with Crippen LogP contribution in [0.1, 0.15) is 46.6 Å². The van der Waals surface area contributed by atoms with Crippen molar-refractivity contribution < 1.29 is 4.79 Å². The average Bonchev–Trinajstić information content (AvgIpc) is 3.37. The number of carbonyl (C=O) groups is 1. The van der Waals surface area contributed by atoms with Crippen molar-refractivity contribution in [1.82, 2.24) is 14.5 Å². The maximum absolute atomic E-state index is 12.8. The zero-order valence-corrected chi connectivity index (χ0v) is 16.0. The fraction of sp³-hybridized carbons (Fsp3) is 0.526. The minimum atomic E-state index is 0.00706. The molecule has 1 saturated carbocycles. The van der Waals surface area contributed by atoms with E-state index in [0.717, 1.165) is 12.8 Å². The zero-order chi connectivity index (χ0) is 18.1. The summed E-state index contributed by atoms with van der Waals surface area (Å²) in [7, 11) is 0. The topological polar surface area (TPSA) is 55.2 Å². The summed E-state index contributed by atoms with van der Waals surface area (Å²) in [6.45, 7) is 8.10. The maximum atomic E-state index is 12.8. The summed E-state index contributed by atoms with van der Waals surface area (Å²) in [6.07, 6.45) is 2.01. The van der Waals surface area contributed by atoms with Crippen LogP contribution < -0.4 is 5.56 Å². The summed E-state index contributed by atoms with van der Waals surface area (Å²) in [5.74, 6) is 0.383. The van der Waals surface area contributed by atoms with Crippen LogP contribution >= 0.6 is 11.8 Å². The summed E-state index contributed by atoms with van der Waals surface area (Å²) in [5.41, 5.74) is 0.705. The lowest BCUT2D eigenvalue weighted by Crippen LogP contribution is -2.43. The van der Waals surface area contributed by atoms with Gasteiger partial charge in [0.1, 0.15) is 0 Å². The smallest absolute Gasteiger partial charge is 0.262 e. The second kappa shape index (κ2) is 7.20. The molecule has 6 heteroatoms. The van der Waals surface area contributed by atoms with E-state index in [4.69, 9.17) is 0 Å². The highest BCUT2D eigenvalue weighted by atomic mass is 32.2. The second-order valence-corrected chi connectivity index (χ2v) is 8.04. The first-order valence-electron chi connectivity index (χ1n) is 8.85. The average molecular weight is 359 g/mol. The van der Waals surface area contributed by atoms with Gasteiger partial charge in [-0.1, -0.05) is 23.9 Å². The Balaban J connectivity index is 1.90. The third-order valence-corrected chi connectivity index (χ3v) is 5.35. The predicted octanol–water partition coefficient (Wildman–Crippen LogP) is 3.47. The van der Waals surface area contributed by atoms with E-state index in [1.807, 2.05) is 56.9 Å². The first kappa shape index (κ1) is 18.0. The Labute approximate surface area is 152 Å². The summed E-state index contributed by atoms with van der Waals surface area (Å²) in [5, 5.41) is 1.31. The van der Waals surface area contributed by atoms with E-state index in [2.05, 4.69) is 4.98 Å². The predicted molar refractivity (Wildman–Crippen MR) is 102 cm³/mol. The van der Waals surface area contributed by atoms with Crippen molar-refractivity contribution >= 4 is 28.6 Å². The molecule has 3 rings (SSSR count). The Bertz CT molecular complexity index is 832. The van der Waals surface area contributed by atoms with Crippen LogP contribution in [0.5, 0.6) is 0 Å². The lowest BCUT2D eigenvalue weighted by atomic mass is 10.2. The number of hydrogen-bond acceptors (Lipinski definition) is 4. The molecule has 1 aliphatic rings. The van der Waals surface area contributed by atoms with Gasteiger partial charge in [-0.15, -0.1) is 0 Å². The molecule has 5 nitrogen and oxygen atoms in total. The van der Waals surface area contributed by atoms with E-state index in [1.54, 1.807) is 4.57 Å². The number of amides is 1. The molecular weight excluding hydrogens is 334 g/mol. The van der Waals surface area contributed by atoms with E-state index in [-0.39, 0.29) is 29.6 Å². The van der Waals surface area contributed by atoms with Gasteiger partial charge in [0, 0.05) is 18.1 Å². The molecule has 1 heterocycles. The zero-order valence-electron chi connectivity index (χ0n) is 15.2. The molecule has 0 bridgehead atoms. The Kier molecular flexibility index (Phi) is 5.18. The molecule has 1 aromatic carbocycles. The van der Waals surface area contributed by atoms with Crippen molar-refractivity contribution in [2.45, 2.75) is 63.8 Å². The summed E-state index contributed by atoms with van der Waals surface area (Å²) < 4.78 is 1.79. The first-order valence-corrected chi connectivity index (χ1v) is 9.84. The van der Waals surface area contributed by atoms with Gasteiger partial charge < -0.3 is 4.90 Å². The number of thioether (sulfide) groups is 1. The molecule has 0 radical (unpaired) electrons. The number of benzene rings is 1. The molecule has 1 fully saturated rings. The fourth-order valence-electron chi connectivity index (χ4n) is 3.26. The maximum Gasteiger partial charge on any atom is 0.262 e. The molecule has 0 aliphatic heterocycles. The highest BCUT2D eigenvalue weighted by molar-refractivity contribution is 7.99. The van der Waals surface area contributed by atoms with E-state index < -0.39 is 0 Å². The Morgan fingerprint density at radius 1 is 1.24 bits per heavy atom. The number of carbonyl (C=O) groups excluding carboxylic acids is 1. The monoisotopic (exact) mass is 359 g/mol. The van der Waals surface area contributed by atoms with Crippen LogP contribution in [0.25, 0.3) is 10.9 Å². The fourth-order valence-corrected chi connectivity index (χ4v) is 4.19. The summed E-state index contributed by atoms with van der Waals surface area (Å²) in [4.78, 5) is 32.0. The molecule has 0 N–H and O–H groups in total. The number of aromatic nitrogens is 2. The molecule has 1 aromatic heterocycles. The number of hydrogen-bond donors (Lipinski definition) is 0. The lowest BCUT2D eigenvalue weighted by molar-refractivity contribution is -0.131. The molecule has 0 saturated heterocycles. The van der Waals surface area contributed by atoms with Crippen LogP contribution in [-0.2, 0) is 4.79 Å². The van der Waals surface area contributed by atoms with Gasteiger partial charge in [0.15, 0.2) is 5.16 Å². The Morgan fingerprint density at radius 2 is 1.88 bits per heavy atom. The van der Waals surface area contributed by atoms with Crippen LogP contribution in [0.4, 0.5) is 0 Å². The van der Waals surface area contributed by atoms with Crippen molar-refractivity contribution in [3.05, 3.63) is 34.6 Å². The van der Waals surface area contributed by atoms with Gasteiger partial charge in [0.25, 0.3) is 5.56 Å². The minimum absolute atomic E-state index is 0.00706. The van der Waals surface area contributed by atoms with Gasteiger partial charge in [-0.25, -0.2) is 4.98 Å². The molecule has 0 atom stereocenters. The molecule has 0 spiro atoms. The SMILES string of the molecule is CC(C)N(C(=O)CSc1nc2ccccc2c(=O)n1C1CC1)C(C)C. The minimum Gasteiger partial charge on any atom is -0.337 e. The largest absolute Gasteiger partial charge is 0.337 e. The summed E-state index contributed by atoms with van der Waals surface area (Å²) in [6, 6.07) is 7.97. The third-order valence-electron chi connectivity index (χ3n) is 4.41. The Hall–Kier alpha value is -1.82. The van der Waals surface area contributed by atoms with Crippen molar-refractivity contribution in [2.75, 3.05) is 5.75 Å². The van der Waals surface area contributed by atoms with Crippen molar-refractivity contribution in [1.29, 1.82) is 0 Å². The summed E-state index contributed by atoms with van der Waals surface area (Å²) >= 11 is 1.38. The van der Waals surface area contributed by atoms with Gasteiger partial charge in [-0.2, -0.15) is 0 Å². The van der Waals surface area contributed by atoms with E-state index in [0.29, 0.717) is 21.8 Å². The van der Waals surface area contributed by atoms with Crippen LogP contribution in [0.3, 0.4) is 0 Å². The van der Waals surface area contributed by atoms with Crippen LogP contribution in [0.2, 0.25) is 0 Å². The van der Waals surface area contributed by atoms with Gasteiger partial charge >= 0.3 is 0 Å². The number of nitrogens with zero attached hydrogens (tertiary/aromatic N) is 3. The highest BCUT2D eigenvalue weighted by Crippen LogP contribution is 2.36. The quantitative estimate of drug-likeness (QED) is 0.585. The Morgan fingerprint density at radius 3 is 2.48 bits per heavy atom. The van der Waals surface area contributed by atoms with Crippen molar-refractivity contribution in [3.63, 3.8) is 0 Å². The van der Waals surface area contributed by atoms with Crippen molar-refractivity contribution in [2.24, 2.45) is 0 Å². The molecule has 2 aromatic rings. The van der Waals surface area contributed by atoms with E-state index >= 15 is 0 Å². The number of rotatable bonds is 6. The molecule has 1 amide bonds. The van der Waals surface area contributed by atoms with Gasteiger partial charge in [0.2, 0.25) is 5.91 Å². The molecule has 1 aliphatic carbocycles. The van der Waals surface area contributed by atoms with Crippen LogP contribution in [-0.4, -0.2) is 38.2 Å².